The van der Waals surface area contributed by atoms with E-state index in [0.717, 1.165) is 15.6 Å². The van der Waals surface area contributed by atoms with Crippen LogP contribution in [0.25, 0.3) is 16.8 Å². The van der Waals surface area contributed by atoms with Gasteiger partial charge in [-0.25, -0.2) is 4.39 Å². The number of ether oxygens (including phenoxy) is 1. The lowest BCUT2D eigenvalue weighted by Crippen LogP contribution is -2.08. The van der Waals surface area contributed by atoms with Crippen LogP contribution in [0.3, 0.4) is 0 Å². The van der Waals surface area contributed by atoms with Crippen LogP contribution in [-0.2, 0) is 6.61 Å². The quantitative estimate of drug-likeness (QED) is 0.136. The molecule has 0 aliphatic rings. The maximum Gasteiger partial charge on any atom is 0.196 e. The molecule has 1 aromatic heterocycles. The number of carbonyl (C=O) groups is 1. The summed E-state index contributed by atoms with van der Waals surface area (Å²) in [6.45, 7) is 0.149. The predicted molar refractivity (Wildman–Crippen MR) is 147 cm³/mol. The standard InChI is InChI=1S/C29H21BrFN3O2S/c30-23-10-6-22(7-11-23)27(35)19-37-29-33-32-28(34(29)25-14-12-24(31)13-15-25)18-36-26-16-8-21(9-17-26)20-4-2-1-3-5-20/h1-17H,18-19H2. The molecule has 0 bridgehead atoms. The number of ketones is 1. The van der Waals surface area contributed by atoms with Gasteiger partial charge >= 0.3 is 0 Å². The number of nitrogens with zero attached hydrogens (tertiary/aromatic N) is 3. The summed E-state index contributed by atoms with van der Waals surface area (Å²) >= 11 is 4.66. The van der Waals surface area contributed by atoms with Gasteiger partial charge in [0.25, 0.3) is 0 Å². The number of hydrogen-bond acceptors (Lipinski definition) is 5. The van der Waals surface area contributed by atoms with E-state index in [4.69, 9.17) is 4.74 Å². The first-order valence-corrected chi connectivity index (χ1v) is 13.2. The Morgan fingerprint density at radius 1 is 0.838 bits per heavy atom. The van der Waals surface area contributed by atoms with Crippen LogP contribution in [0.15, 0.2) is 113 Å². The Kier molecular flexibility index (Phi) is 7.77. The molecule has 5 aromatic rings. The van der Waals surface area contributed by atoms with Gasteiger partial charge in [-0.05, 0) is 59.7 Å². The first-order valence-electron chi connectivity index (χ1n) is 11.5. The van der Waals surface area contributed by atoms with Crippen LogP contribution in [0.4, 0.5) is 4.39 Å². The molecule has 0 aliphatic heterocycles. The van der Waals surface area contributed by atoms with Crippen molar-refractivity contribution in [1.29, 1.82) is 0 Å². The molecule has 5 rings (SSSR count). The highest BCUT2D eigenvalue weighted by Gasteiger charge is 2.17. The van der Waals surface area contributed by atoms with Gasteiger partial charge in [0.1, 0.15) is 18.2 Å². The van der Waals surface area contributed by atoms with Gasteiger partial charge in [-0.1, -0.05) is 82.3 Å². The molecular formula is C29H21BrFN3O2S. The highest BCUT2D eigenvalue weighted by molar-refractivity contribution is 9.10. The van der Waals surface area contributed by atoms with E-state index in [1.165, 1.54) is 23.9 Å². The van der Waals surface area contributed by atoms with E-state index in [2.05, 4.69) is 38.3 Å². The summed E-state index contributed by atoms with van der Waals surface area (Å²) in [7, 11) is 0. The second-order valence-electron chi connectivity index (χ2n) is 8.11. The molecule has 0 unspecified atom stereocenters. The SMILES string of the molecule is O=C(CSc1nnc(COc2ccc(-c3ccccc3)cc2)n1-c1ccc(F)cc1)c1ccc(Br)cc1. The van der Waals surface area contributed by atoms with Gasteiger partial charge in [-0.2, -0.15) is 0 Å². The molecule has 0 spiro atoms. The van der Waals surface area contributed by atoms with Gasteiger partial charge in [-0.15, -0.1) is 10.2 Å². The average molecular weight is 574 g/mol. The van der Waals surface area contributed by atoms with E-state index in [-0.39, 0.29) is 24.0 Å². The van der Waals surface area contributed by atoms with Crippen LogP contribution in [0.2, 0.25) is 0 Å². The molecule has 0 amide bonds. The minimum absolute atomic E-state index is 0.0255. The van der Waals surface area contributed by atoms with Gasteiger partial charge in [-0.3, -0.25) is 9.36 Å². The van der Waals surface area contributed by atoms with Crippen molar-refractivity contribution in [3.63, 3.8) is 0 Å². The highest BCUT2D eigenvalue weighted by atomic mass is 79.9. The number of halogens is 2. The zero-order chi connectivity index (χ0) is 25.6. The Morgan fingerprint density at radius 2 is 1.51 bits per heavy atom. The minimum atomic E-state index is -0.340. The van der Waals surface area contributed by atoms with E-state index in [1.807, 2.05) is 54.6 Å². The van der Waals surface area contributed by atoms with Gasteiger partial charge < -0.3 is 4.74 Å². The minimum Gasteiger partial charge on any atom is -0.486 e. The molecule has 0 N–H and O–H groups in total. The summed E-state index contributed by atoms with van der Waals surface area (Å²) in [4.78, 5) is 12.7. The fraction of sp³-hybridized carbons (Fsp3) is 0.0690. The van der Waals surface area contributed by atoms with Crippen LogP contribution in [0.5, 0.6) is 5.75 Å². The van der Waals surface area contributed by atoms with Crippen LogP contribution in [-0.4, -0.2) is 26.3 Å². The number of carbonyl (C=O) groups excluding carboxylic acids is 1. The summed E-state index contributed by atoms with van der Waals surface area (Å²) in [5.41, 5.74) is 3.52. The van der Waals surface area contributed by atoms with Crippen molar-refractivity contribution < 1.29 is 13.9 Å². The Hall–Kier alpha value is -3.75. The van der Waals surface area contributed by atoms with Gasteiger partial charge in [0.05, 0.1) is 5.75 Å². The number of aromatic nitrogens is 3. The molecule has 0 saturated carbocycles. The van der Waals surface area contributed by atoms with Crippen LogP contribution >= 0.6 is 27.7 Å². The first kappa shape index (κ1) is 24.9. The Balaban J connectivity index is 1.33. The summed E-state index contributed by atoms with van der Waals surface area (Å²) in [6.07, 6.45) is 0. The summed E-state index contributed by atoms with van der Waals surface area (Å²) in [6, 6.07) is 31.2. The third-order valence-corrected chi connectivity index (χ3v) is 7.07. The van der Waals surface area contributed by atoms with Crippen molar-refractivity contribution in [1.82, 2.24) is 14.8 Å². The van der Waals surface area contributed by atoms with E-state index < -0.39 is 0 Å². The smallest absolute Gasteiger partial charge is 0.196 e. The van der Waals surface area contributed by atoms with Crippen LogP contribution in [0, 0.1) is 5.82 Å². The zero-order valence-electron chi connectivity index (χ0n) is 19.6. The molecule has 8 heteroatoms. The number of thioether (sulfide) groups is 1. The molecule has 0 saturated heterocycles. The lowest BCUT2D eigenvalue weighted by molar-refractivity contribution is 0.102. The fourth-order valence-electron chi connectivity index (χ4n) is 3.71. The molecule has 0 fully saturated rings. The molecule has 0 radical (unpaired) electrons. The number of rotatable bonds is 9. The Morgan fingerprint density at radius 3 is 2.22 bits per heavy atom. The zero-order valence-corrected chi connectivity index (χ0v) is 22.0. The fourth-order valence-corrected chi connectivity index (χ4v) is 4.84. The topological polar surface area (TPSA) is 57.0 Å². The second-order valence-corrected chi connectivity index (χ2v) is 9.97. The predicted octanol–water partition coefficient (Wildman–Crippen LogP) is 7.39. The lowest BCUT2D eigenvalue weighted by Gasteiger charge is -2.11. The molecule has 5 nitrogen and oxygen atoms in total. The van der Waals surface area contributed by atoms with E-state index in [1.54, 1.807) is 28.8 Å². The highest BCUT2D eigenvalue weighted by Crippen LogP contribution is 2.26. The van der Waals surface area contributed by atoms with Crippen molar-refractivity contribution in [2.75, 3.05) is 5.75 Å². The van der Waals surface area contributed by atoms with Gasteiger partial charge in [0.2, 0.25) is 0 Å². The van der Waals surface area contributed by atoms with Gasteiger partial charge in [0, 0.05) is 15.7 Å². The molecule has 4 aromatic carbocycles. The van der Waals surface area contributed by atoms with E-state index >= 15 is 0 Å². The van der Waals surface area contributed by atoms with Crippen LogP contribution < -0.4 is 4.74 Å². The van der Waals surface area contributed by atoms with Crippen molar-refractivity contribution in [3.05, 3.63) is 125 Å². The maximum atomic E-state index is 13.6. The molecule has 1 heterocycles. The largest absolute Gasteiger partial charge is 0.486 e. The van der Waals surface area contributed by atoms with Crippen LogP contribution in [0.1, 0.15) is 16.2 Å². The second kappa shape index (κ2) is 11.5. The van der Waals surface area contributed by atoms with Crippen molar-refractivity contribution in [2.24, 2.45) is 0 Å². The molecule has 0 atom stereocenters. The maximum absolute atomic E-state index is 13.6. The first-order chi connectivity index (χ1) is 18.1. The van der Waals surface area contributed by atoms with Crippen molar-refractivity contribution >= 4 is 33.5 Å². The number of benzene rings is 4. The molecule has 0 aliphatic carbocycles. The van der Waals surface area contributed by atoms with E-state index in [9.17, 15) is 9.18 Å². The Labute approximate surface area is 226 Å². The average Bonchev–Trinajstić information content (AvgIpc) is 3.35. The molecular weight excluding hydrogens is 553 g/mol. The molecule has 37 heavy (non-hydrogen) atoms. The third-order valence-electron chi connectivity index (χ3n) is 5.61. The summed E-state index contributed by atoms with van der Waals surface area (Å²) in [5, 5.41) is 9.14. The Bertz CT molecular complexity index is 1490. The van der Waals surface area contributed by atoms with Crippen molar-refractivity contribution in [3.8, 4) is 22.6 Å². The van der Waals surface area contributed by atoms with E-state index in [0.29, 0.717) is 28.0 Å². The normalized spacial score (nSPS) is 10.9. The molecule has 184 valence electrons. The van der Waals surface area contributed by atoms with Gasteiger partial charge in [0.15, 0.2) is 16.8 Å². The lowest BCUT2D eigenvalue weighted by atomic mass is 10.1. The number of Topliss-reactive ketones (excluding diaryl/α,β-unsaturated/α-hetero) is 1. The summed E-state index contributed by atoms with van der Waals surface area (Å²) < 4.78 is 22.3. The third kappa shape index (κ3) is 6.15. The van der Waals surface area contributed by atoms with Crippen molar-refractivity contribution in [2.45, 2.75) is 11.8 Å². The monoisotopic (exact) mass is 573 g/mol. The number of hydrogen-bond donors (Lipinski definition) is 0. The summed E-state index contributed by atoms with van der Waals surface area (Å²) in [5.74, 6) is 1.04.